The Morgan fingerprint density at radius 2 is 1.65 bits per heavy atom. The van der Waals surface area contributed by atoms with E-state index in [1.54, 1.807) is 0 Å². The minimum Gasteiger partial charge on any atom is -0.395 e. The van der Waals surface area contributed by atoms with E-state index in [9.17, 15) is 19.8 Å². The molecule has 5 aliphatic carbocycles. The number of fused-ring (bicyclic) bond motifs is 7. The van der Waals surface area contributed by atoms with Crippen molar-refractivity contribution in [1.82, 2.24) is 5.32 Å². The van der Waals surface area contributed by atoms with Crippen molar-refractivity contribution < 1.29 is 19.8 Å². The highest BCUT2D eigenvalue weighted by Gasteiger charge is 2.70. The molecule has 9 atom stereocenters. The summed E-state index contributed by atoms with van der Waals surface area (Å²) < 4.78 is 0. The van der Waals surface area contributed by atoms with Gasteiger partial charge in [-0.25, -0.2) is 0 Å². The number of aliphatic hydroxyl groups excluding tert-OH is 2. The summed E-state index contributed by atoms with van der Waals surface area (Å²) in [6.07, 6.45) is 10.4. The molecule has 37 heavy (non-hydrogen) atoms. The number of ketones is 1. The Labute approximate surface area is 224 Å². The lowest BCUT2D eigenvalue weighted by atomic mass is 9.33. The van der Waals surface area contributed by atoms with Crippen LogP contribution in [0, 0.1) is 50.2 Å². The van der Waals surface area contributed by atoms with Gasteiger partial charge in [-0.3, -0.25) is 9.59 Å². The first kappa shape index (κ1) is 27.4. The van der Waals surface area contributed by atoms with Crippen LogP contribution in [0.2, 0.25) is 0 Å². The van der Waals surface area contributed by atoms with E-state index in [1.165, 1.54) is 5.57 Å². The van der Waals surface area contributed by atoms with E-state index >= 15 is 0 Å². The molecule has 0 aromatic rings. The number of carbonyl (C=O) groups is 2. The molecule has 3 N–H and O–H groups in total. The van der Waals surface area contributed by atoms with Gasteiger partial charge in [0.2, 0.25) is 5.91 Å². The maximum absolute atomic E-state index is 14.4. The van der Waals surface area contributed by atoms with Crippen molar-refractivity contribution in [2.45, 2.75) is 112 Å². The molecule has 4 saturated carbocycles. The van der Waals surface area contributed by atoms with Crippen LogP contribution in [0.5, 0.6) is 0 Å². The lowest BCUT2D eigenvalue weighted by Gasteiger charge is -2.70. The summed E-state index contributed by atoms with van der Waals surface area (Å²) in [7, 11) is 0. The van der Waals surface area contributed by atoms with Crippen LogP contribution in [0.4, 0.5) is 0 Å². The number of carbonyl (C=O) groups excluding carboxylic acids is 2. The van der Waals surface area contributed by atoms with E-state index < -0.39 is 5.41 Å². The fraction of sp³-hybridized carbons (Fsp3) is 0.875. The SMILES string of the molecule is CC1(C)C2CC[C@]3(C)C(C(=O)C=C4[C@@H]5C[C@@](C)(C(=O)NCCO)CC[C@]5(C)CC[C@]43C)[C@@]2(C)CC[C@@H]1O. The van der Waals surface area contributed by atoms with Crippen molar-refractivity contribution in [3.63, 3.8) is 0 Å². The van der Waals surface area contributed by atoms with Crippen molar-refractivity contribution in [2.75, 3.05) is 13.2 Å². The first-order valence-corrected chi connectivity index (χ1v) is 14.9. The van der Waals surface area contributed by atoms with Gasteiger partial charge in [-0.2, -0.15) is 0 Å². The Bertz CT molecular complexity index is 1020. The highest BCUT2D eigenvalue weighted by Crippen LogP contribution is 2.75. The van der Waals surface area contributed by atoms with E-state index in [2.05, 4.69) is 59.9 Å². The Morgan fingerprint density at radius 1 is 0.973 bits per heavy atom. The number of nitrogens with one attached hydrogen (secondary N) is 1. The Hall–Kier alpha value is -1.20. The average molecular weight is 514 g/mol. The molecule has 0 heterocycles. The van der Waals surface area contributed by atoms with Crippen molar-refractivity contribution >= 4 is 11.7 Å². The lowest BCUT2D eigenvalue weighted by Crippen LogP contribution is -2.66. The summed E-state index contributed by atoms with van der Waals surface area (Å²) in [5.41, 5.74) is 0.483. The Kier molecular flexibility index (Phi) is 6.21. The van der Waals surface area contributed by atoms with Gasteiger partial charge in [-0.1, -0.05) is 54.0 Å². The van der Waals surface area contributed by atoms with E-state index in [0.717, 1.165) is 57.8 Å². The number of amides is 1. The third-order valence-electron chi connectivity index (χ3n) is 13.5. The lowest BCUT2D eigenvalue weighted by molar-refractivity contribution is -0.202. The molecular formula is C32H51NO4. The van der Waals surface area contributed by atoms with Gasteiger partial charge in [-0.15, -0.1) is 0 Å². The second-order valence-corrected chi connectivity index (χ2v) is 15.6. The van der Waals surface area contributed by atoms with Crippen LogP contribution in [0.1, 0.15) is 106 Å². The van der Waals surface area contributed by atoms with Gasteiger partial charge < -0.3 is 15.5 Å². The molecule has 0 radical (unpaired) electrons. The zero-order chi connectivity index (χ0) is 27.2. The fourth-order valence-corrected chi connectivity index (χ4v) is 10.8. The molecule has 208 valence electrons. The molecule has 5 nitrogen and oxygen atoms in total. The maximum atomic E-state index is 14.4. The van der Waals surface area contributed by atoms with Gasteiger partial charge in [0.1, 0.15) is 0 Å². The summed E-state index contributed by atoms with van der Waals surface area (Å²) in [4.78, 5) is 27.6. The molecule has 5 heteroatoms. The van der Waals surface area contributed by atoms with Gasteiger partial charge in [0.25, 0.3) is 0 Å². The Morgan fingerprint density at radius 3 is 2.32 bits per heavy atom. The zero-order valence-electron chi connectivity index (χ0n) is 24.4. The van der Waals surface area contributed by atoms with Crippen molar-refractivity contribution in [3.05, 3.63) is 11.6 Å². The molecule has 0 aliphatic heterocycles. The number of allylic oxidation sites excluding steroid dienone is 2. The van der Waals surface area contributed by atoms with Crippen molar-refractivity contribution in [3.8, 4) is 0 Å². The smallest absolute Gasteiger partial charge is 0.226 e. The summed E-state index contributed by atoms with van der Waals surface area (Å²) in [6.45, 7) is 16.4. The molecule has 0 aromatic carbocycles. The van der Waals surface area contributed by atoms with Crippen LogP contribution in [-0.4, -0.2) is 41.2 Å². The highest BCUT2D eigenvalue weighted by molar-refractivity contribution is 5.95. The number of rotatable bonds is 3. The number of hydrogen-bond donors (Lipinski definition) is 3. The van der Waals surface area contributed by atoms with Crippen LogP contribution >= 0.6 is 0 Å². The van der Waals surface area contributed by atoms with E-state index in [4.69, 9.17) is 0 Å². The zero-order valence-corrected chi connectivity index (χ0v) is 24.4. The van der Waals surface area contributed by atoms with Crippen molar-refractivity contribution in [1.29, 1.82) is 0 Å². The van der Waals surface area contributed by atoms with Gasteiger partial charge in [0, 0.05) is 17.9 Å². The minimum atomic E-state index is -0.480. The largest absolute Gasteiger partial charge is 0.395 e. The maximum Gasteiger partial charge on any atom is 0.226 e. The molecule has 5 aliphatic rings. The highest BCUT2D eigenvalue weighted by atomic mass is 16.3. The van der Waals surface area contributed by atoms with E-state index in [1.807, 2.05) is 0 Å². The van der Waals surface area contributed by atoms with Crippen LogP contribution in [0.15, 0.2) is 11.6 Å². The number of hydrogen-bond acceptors (Lipinski definition) is 4. The molecule has 1 amide bonds. The van der Waals surface area contributed by atoms with Gasteiger partial charge in [0.05, 0.1) is 12.7 Å². The van der Waals surface area contributed by atoms with Gasteiger partial charge in [0.15, 0.2) is 5.78 Å². The first-order chi connectivity index (χ1) is 17.1. The normalized spacial score (nSPS) is 50.6. The summed E-state index contributed by atoms with van der Waals surface area (Å²) in [5.74, 6) is 0.883. The summed E-state index contributed by atoms with van der Waals surface area (Å²) in [6, 6.07) is 0. The quantitative estimate of drug-likeness (QED) is 0.469. The molecule has 4 fully saturated rings. The predicted molar refractivity (Wildman–Crippen MR) is 146 cm³/mol. The molecule has 0 saturated heterocycles. The Balaban J connectivity index is 1.56. The molecular weight excluding hydrogens is 462 g/mol. The van der Waals surface area contributed by atoms with E-state index in [0.29, 0.717) is 18.2 Å². The third-order valence-corrected chi connectivity index (χ3v) is 13.5. The van der Waals surface area contributed by atoms with Crippen LogP contribution in [0.3, 0.4) is 0 Å². The van der Waals surface area contributed by atoms with Crippen molar-refractivity contribution in [2.24, 2.45) is 50.2 Å². The monoisotopic (exact) mass is 513 g/mol. The second kappa shape index (κ2) is 8.40. The topological polar surface area (TPSA) is 86.6 Å². The first-order valence-electron chi connectivity index (χ1n) is 14.9. The van der Waals surface area contributed by atoms with Crippen LogP contribution in [-0.2, 0) is 9.59 Å². The molecule has 0 bridgehead atoms. The predicted octanol–water partition coefficient (Wildman–Crippen LogP) is 5.44. The third kappa shape index (κ3) is 3.54. The number of aliphatic hydroxyl groups is 2. The molecule has 2 unspecified atom stereocenters. The average Bonchev–Trinajstić information content (AvgIpc) is 2.82. The second-order valence-electron chi connectivity index (χ2n) is 15.6. The molecule has 0 spiro atoms. The van der Waals surface area contributed by atoms with Crippen LogP contribution in [0.25, 0.3) is 0 Å². The summed E-state index contributed by atoms with van der Waals surface area (Å²) >= 11 is 0. The van der Waals surface area contributed by atoms with E-state index in [-0.39, 0.29) is 57.5 Å². The van der Waals surface area contributed by atoms with Crippen LogP contribution < -0.4 is 5.32 Å². The summed E-state index contributed by atoms with van der Waals surface area (Å²) in [5, 5.41) is 23.1. The molecule has 0 aromatic heterocycles. The fourth-order valence-electron chi connectivity index (χ4n) is 10.8. The molecule has 5 rings (SSSR count). The van der Waals surface area contributed by atoms with Gasteiger partial charge >= 0.3 is 0 Å². The van der Waals surface area contributed by atoms with Gasteiger partial charge in [-0.05, 0) is 103 Å². The minimum absolute atomic E-state index is 0.0218. The standard InChI is InChI=1S/C32H51NO4/c1-27(2)23-8-11-32(7)25(30(23,5)10-9-24(27)36)22(35)18-20-21-19-29(4,26(37)33-16-17-34)13-12-28(21,3)14-15-31(20,32)6/h18,21,23-25,34,36H,8-17,19H2,1-7H3,(H,33,37)/t21-,23?,24-,25?,28+,29-,30-,31+,32+/m0/s1.